The molecule has 0 bridgehead atoms. The highest BCUT2D eigenvalue weighted by Crippen LogP contribution is 2.32. The van der Waals surface area contributed by atoms with Gasteiger partial charge in [0.1, 0.15) is 0 Å². The van der Waals surface area contributed by atoms with E-state index in [4.69, 9.17) is 0 Å². The molecule has 0 amide bonds. The molecule has 7 heteroatoms. The average molecular weight is 318 g/mol. The molecule has 0 saturated carbocycles. The number of benzene rings is 1. The molecule has 0 aliphatic carbocycles. The van der Waals surface area contributed by atoms with Gasteiger partial charge >= 0.3 is 6.18 Å². The molecule has 1 aromatic carbocycles. The fraction of sp³-hybridized carbons (Fsp3) is 0.308. The highest BCUT2D eigenvalue weighted by Gasteiger charge is 2.27. The van der Waals surface area contributed by atoms with Crippen LogP contribution in [0.15, 0.2) is 34.7 Å². The molecule has 0 spiro atoms. The van der Waals surface area contributed by atoms with Crippen molar-refractivity contribution in [3.8, 4) is 0 Å². The number of halogens is 3. The molecule has 0 aliphatic rings. The first-order valence-corrected chi connectivity index (χ1v) is 7.73. The van der Waals surface area contributed by atoms with Crippen molar-refractivity contribution in [1.82, 2.24) is 4.98 Å². The van der Waals surface area contributed by atoms with E-state index in [-0.39, 0.29) is 0 Å². The topological polar surface area (TPSA) is 24.9 Å². The number of rotatable bonds is 5. The van der Waals surface area contributed by atoms with Gasteiger partial charge in [0.2, 0.25) is 0 Å². The Kier molecular flexibility index (Phi) is 4.93. The van der Waals surface area contributed by atoms with Gasteiger partial charge in [-0.15, -0.1) is 23.1 Å². The number of hydrogen-bond acceptors (Lipinski definition) is 4. The molecule has 1 heterocycles. The average Bonchev–Trinajstić information content (AvgIpc) is 2.79. The summed E-state index contributed by atoms with van der Waals surface area (Å²) in [6.45, 7) is 2.48. The summed E-state index contributed by atoms with van der Waals surface area (Å²) in [6, 6.07) is 7.02. The molecule has 2 nitrogen and oxygen atoms in total. The number of hydrogen-bond donors (Lipinski definition) is 1. The molecule has 0 unspecified atom stereocenters. The second-order valence-electron chi connectivity index (χ2n) is 4.11. The van der Waals surface area contributed by atoms with Crippen molar-refractivity contribution in [2.24, 2.45) is 0 Å². The van der Waals surface area contributed by atoms with Gasteiger partial charge in [0.15, 0.2) is 0 Å². The normalized spacial score (nSPS) is 11.6. The van der Waals surface area contributed by atoms with Gasteiger partial charge in [0, 0.05) is 15.5 Å². The molecular weight excluding hydrogens is 305 g/mol. The Morgan fingerprint density at radius 2 is 2.05 bits per heavy atom. The zero-order valence-electron chi connectivity index (χ0n) is 10.7. The van der Waals surface area contributed by atoms with Crippen LogP contribution in [-0.4, -0.2) is 16.9 Å². The van der Waals surface area contributed by atoms with Crippen molar-refractivity contribution in [2.45, 2.75) is 24.5 Å². The van der Waals surface area contributed by atoms with Gasteiger partial charge in [-0.05, 0) is 19.1 Å². The molecule has 1 aromatic heterocycles. The minimum Gasteiger partial charge on any atom is -0.379 e. The van der Waals surface area contributed by atoms with Crippen molar-refractivity contribution in [2.75, 3.05) is 11.1 Å². The number of aryl methyl sites for hydroxylation is 1. The lowest BCUT2D eigenvalue weighted by atomic mass is 10.3. The maximum absolute atomic E-state index is 12.3. The lowest BCUT2D eigenvalue weighted by molar-refractivity contribution is -0.105. The minimum atomic E-state index is -4.16. The molecular formula is C13H13F3N2S2. The molecule has 0 aliphatic heterocycles. The van der Waals surface area contributed by atoms with E-state index in [9.17, 15) is 13.2 Å². The van der Waals surface area contributed by atoms with E-state index < -0.39 is 11.9 Å². The summed E-state index contributed by atoms with van der Waals surface area (Å²) in [5.41, 5.74) is 3.42. The zero-order valence-corrected chi connectivity index (χ0v) is 12.3. The molecule has 108 valence electrons. The molecule has 0 radical (unpaired) electrons. The van der Waals surface area contributed by atoms with Crippen molar-refractivity contribution >= 4 is 28.8 Å². The summed E-state index contributed by atoms with van der Waals surface area (Å²) in [4.78, 5) is 5.83. The van der Waals surface area contributed by atoms with Crippen LogP contribution < -0.4 is 5.32 Å². The highest BCUT2D eigenvalue weighted by atomic mass is 32.2. The number of nitrogens with zero attached hydrogens (tertiary/aromatic N) is 1. The highest BCUT2D eigenvalue weighted by molar-refractivity contribution is 7.99. The second kappa shape index (κ2) is 6.49. The van der Waals surface area contributed by atoms with Gasteiger partial charge in [-0.1, -0.05) is 12.1 Å². The van der Waals surface area contributed by atoms with E-state index >= 15 is 0 Å². The van der Waals surface area contributed by atoms with Gasteiger partial charge in [-0.25, -0.2) is 4.98 Å². The predicted molar refractivity (Wildman–Crippen MR) is 77.4 cm³/mol. The van der Waals surface area contributed by atoms with Crippen LogP contribution in [0.1, 0.15) is 10.6 Å². The number of thioether (sulfide) groups is 1. The SMILES string of the molecule is Cc1ncsc1CNc1ccccc1SCC(F)(F)F. The number of nitrogens with one attached hydrogen (secondary N) is 1. The third-order valence-electron chi connectivity index (χ3n) is 2.56. The van der Waals surface area contributed by atoms with E-state index in [1.807, 2.05) is 6.92 Å². The predicted octanol–water partition coefficient (Wildman–Crippen LogP) is 4.72. The molecule has 2 rings (SSSR count). The first-order chi connectivity index (χ1) is 9.46. The second-order valence-corrected chi connectivity index (χ2v) is 6.07. The number of alkyl halides is 3. The Balaban J connectivity index is 2.02. The first kappa shape index (κ1) is 15.2. The van der Waals surface area contributed by atoms with Crippen LogP contribution in [0.5, 0.6) is 0 Å². The summed E-state index contributed by atoms with van der Waals surface area (Å²) in [5, 5.41) is 3.17. The maximum atomic E-state index is 12.3. The lowest BCUT2D eigenvalue weighted by Gasteiger charge is -2.12. The molecule has 20 heavy (non-hydrogen) atoms. The van der Waals surface area contributed by atoms with Crippen LogP contribution in [0.2, 0.25) is 0 Å². The van der Waals surface area contributed by atoms with Crippen molar-refractivity contribution in [3.05, 3.63) is 40.3 Å². The van der Waals surface area contributed by atoms with Crippen LogP contribution in [-0.2, 0) is 6.54 Å². The zero-order chi connectivity index (χ0) is 14.6. The Labute approximate surface area is 123 Å². The van der Waals surface area contributed by atoms with Gasteiger partial charge < -0.3 is 5.32 Å². The van der Waals surface area contributed by atoms with Gasteiger partial charge in [-0.2, -0.15) is 13.2 Å². The monoisotopic (exact) mass is 318 g/mol. The number of para-hydroxylation sites is 1. The van der Waals surface area contributed by atoms with Gasteiger partial charge in [-0.3, -0.25) is 0 Å². The molecule has 0 saturated heterocycles. The molecule has 2 aromatic rings. The first-order valence-electron chi connectivity index (χ1n) is 5.87. The number of thiazole rings is 1. The fourth-order valence-electron chi connectivity index (χ4n) is 1.57. The van der Waals surface area contributed by atoms with E-state index in [0.29, 0.717) is 11.4 Å². The van der Waals surface area contributed by atoms with Crippen LogP contribution in [0, 0.1) is 6.92 Å². The molecule has 1 N–H and O–H groups in total. The smallest absolute Gasteiger partial charge is 0.379 e. The van der Waals surface area contributed by atoms with Crippen LogP contribution in [0.25, 0.3) is 0 Å². The minimum absolute atomic E-state index is 0.570. The Hall–Kier alpha value is -1.21. The lowest BCUT2D eigenvalue weighted by Crippen LogP contribution is -2.11. The van der Waals surface area contributed by atoms with Crippen LogP contribution >= 0.6 is 23.1 Å². The van der Waals surface area contributed by atoms with Crippen molar-refractivity contribution in [1.29, 1.82) is 0 Å². The van der Waals surface area contributed by atoms with Crippen molar-refractivity contribution < 1.29 is 13.2 Å². The Morgan fingerprint density at radius 1 is 1.30 bits per heavy atom. The summed E-state index contributed by atoms with van der Waals surface area (Å²) < 4.78 is 36.9. The van der Waals surface area contributed by atoms with E-state index in [1.54, 1.807) is 29.8 Å². The van der Waals surface area contributed by atoms with E-state index in [2.05, 4.69) is 10.3 Å². The van der Waals surface area contributed by atoms with Crippen LogP contribution in [0.3, 0.4) is 0 Å². The molecule has 0 fully saturated rings. The van der Waals surface area contributed by atoms with Gasteiger partial charge in [0.05, 0.1) is 23.5 Å². The quantitative estimate of drug-likeness (QED) is 0.808. The van der Waals surface area contributed by atoms with Gasteiger partial charge in [0.25, 0.3) is 0 Å². The van der Waals surface area contributed by atoms with Crippen LogP contribution in [0.4, 0.5) is 18.9 Å². The summed E-state index contributed by atoms with van der Waals surface area (Å²) >= 11 is 2.33. The number of anilines is 1. The molecule has 0 atom stereocenters. The Bertz CT molecular complexity index is 567. The summed E-state index contributed by atoms with van der Waals surface area (Å²) in [6.07, 6.45) is -4.16. The van der Waals surface area contributed by atoms with E-state index in [1.165, 1.54) is 11.3 Å². The maximum Gasteiger partial charge on any atom is 0.398 e. The van der Waals surface area contributed by atoms with E-state index in [0.717, 1.165) is 28.0 Å². The van der Waals surface area contributed by atoms with Crippen molar-refractivity contribution in [3.63, 3.8) is 0 Å². The standard InChI is InChI=1S/C13H13F3N2S2/c1-9-12(20-8-18-9)6-17-10-4-2-3-5-11(10)19-7-13(14,15)16/h2-5,8,17H,6-7H2,1H3. The summed E-state index contributed by atoms with van der Waals surface area (Å²) in [7, 11) is 0. The third kappa shape index (κ3) is 4.42. The third-order valence-corrected chi connectivity index (χ3v) is 4.64. The summed E-state index contributed by atoms with van der Waals surface area (Å²) in [5.74, 6) is -0.884. The number of aromatic nitrogens is 1. The fourth-order valence-corrected chi connectivity index (χ4v) is 3.08. The Morgan fingerprint density at radius 3 is 2.70 bits per heavy atom. The largest absolute Gasteiger partial charge is 0.398 e.